The smallest absolute Gasteiger partial charge is 0.172 e. The van der Waals surface area contributed by atoms with Crippen LogP contribution in [0.1, 0.15) is 22.8 Å². The summed E-state index contributed by atoms with van der Waals surface area (Å²) in [5, 5.41) is 10.5. The maximum absolute atomic E-state index is 10.9. The van der Waals surface area contributed by atoms with Gasteiger partial charge in [-0.3, -0.25) is 4.79 Å². The molecular weight excluding hydrogens is 196 g/mol. The highest BCUT2D eigenvalue weighted by atomic mass is 32.1. The first-order valence-corrected chi connectivity index (χ1v) is 5.27. The van der Waals surface area contributed by atoms with Gasteiger partial charge in [-0.1, -0.05) is 24.3 Å². The third-order valence-corrected chi connectivity index (χ3v) is 3.22. The van der Waals surface area contributed by atoms with Gasteiger partial charge in [0.2, 0.25) is 0 Å². The Balaban J connectivity index is 2.82. The van der Waals surface area contributed by atoms with Crippen molar-refractivity contribution in [2.75, 3.05) is 0 Å². The van der Waals surface area contributed by atoms with Crippen LogP contribution >= 0.6 is 11.3 Å². The SMILES string of the molecule is CCc1ccc2sc(O)cc2c1C=O. The number of hydrogen-bond acceptors (Lipinski definition) is 3. The quantitative estimate of drug-likeness (QED) is 0.767. The minimum absolute atomic E-state index is 0.261. The van der Waals surface area contributed by atoms with Gasteiger partial charge < -0.3 is 5.11 Å². The molecule has 0 atom stereocenters. The molecule has 2 rings (SSSR count). The molecule has 2 aromatic rings. The van der Waals surface area contributed by atoms with E-state index in [4.69, 9.17) is 0 Å². The summed E-state index contributed by atoms with van der Waals surface area (Å²) < 4.78 is 0.960. The minimum Gasteiger partial charge on any atom is -0.499 e. The Morgan fingerprint density at radius 2 is 2.29 bits per heavy atom. The number of aryl methyl sites for hydroxylation is 1. The van der Waals surface area contributed by atoms with Crippen LogP contribution in [0.2, 0.25) is 0 Å². The number of aromatic hydroxyl groups is 1. The van der Waals surface area contributed by atoms with Crippen molar-refractivity contribution >= 4 is 27.7 Å². The molecule has 0 unspecified atom stereocenters. The average Bonchev–Trinajstić information content (AvgIpc) is 2.56. The zero-order chi connectivity index (χ0) is 10.1. The molecule has 0 aliphatic heterocycles. The van der Waals surface area contributed by atoms with Crippen LogP contribution in [0.5, 0.6) is 5.06 Å². The Labute approximate surface area is 85.8 Å². The average molecular weight is 206 g/mol. The van der Waals surface area contributed by atoms with Crippen LogP contribution in [0.4, 0.5) is 0 Å². The van der Waals surface area contributed by atoms with Crippen molar-refractivity contribution in [2.24, 2.45) is 0 Å². The summed E-state index contributed by atoms with van der Waals surface area (Å²) in [5.74, 6) is 0. The van der Waals surface area contributed by atoms with Crippen molar-refractivity contribution in [1.82, 2.24) is 0 Å². The molecule has 1 aromatic heterocycles. The van der Waals surface area contributed by atoms with E-state index in [0.717, 1.165) is 28.4 Å². The van der Waals surface area contributed by atoms with Gasteiger partial charge >= 0.3 is 0 Å². The third kappa shape index (κ3) is 1.30. The van der Waals surface area contributed by atoms with Crippen LogP contribution in [-0.2, 0) is 6.42 Å². The minimum atomic E-state index is 0.261. The summed E-state index contributed by atoms with van der Waals surface area (Å²) in [7, 11) is 0. The van der Waals surface area contributed by atoms with Gasteiger partial charge in [0.05, 0.1) is 0 Å². The van der Waals surface area contributed by atoms with Crippen molar-refractivity contribution < 1.29 is 9.90 Å². The zero-order valence-corrected chi connectivity index (χ0v) is 8.60. The van der Waals surface area contributed by atoms with Gasteiger partial charge in [0, 0.05) is 21.7 Å². The van der Waals surface area contributed by atoms with Crippen molar-refractivity contribution in [1.29, 1.82) is 0 Å². The third-order valence-electron chi connectivity index (χ3n) is 2.32. The number of aldehydes is 1. The number of benzene rings is 1. The molecule has 0 amide bonds. The lowest BCUT2D eigenvalue weighted by molar-refractivity contribution is 0.112. The molecule has 14 heavy (non-hydrogen) atoms. The molecule has 2 nitrogen and oxygen atoms in total. The molecular formula is C11H10O2S. The van der Waals surface area contributed by atoms with E-state index in [1.807, 2.05) is 19.1 Å². The summed E-state index contributed by atoms with van der Waals surface area (Å²) in [6.45, 7) is 2.01. The number of rotatable bonds is 2. The molecule has 0 radical (unpaired) electrons. The van der Waals surface area contributed by atoms with Crippen LogP contribution in [-0.4, -0.2) is 11.4 Å². The Morgan fingerprint density at radius 1 is 1.50 bits per heavy atom. The molecule has 0 fully saturated rings. The highest BCUT2D eigenvalue weighted by Gasteiger charge is 2.08. The second-order valence-electron chi connectivity index (χ2n) is 3.11. The molecule has 1 aromatic carbocycles. The Hall–Kier alpha value is -1.35. The molecule has 0 aliphatic carbocycles. The molecule has 0 aliphatic rings. The van der Waals surface area contributed by atoms with Gasteiger partial charge in [-0.2, -0.15) is 0 Å². The Kier molecular flexibility index (Phi) is 2.25. The summed E-state index contributed by atoms with van der Waals surface area (Å²) in [4.78, 5) is 10.9. The largest absolute Gasteiger partial charge is 0.499 e. The van der Waals surface area contributed by atoms with E-state index in [2.05, 4.69) is 0 Å². The molecule has 0 saturated heterocycles. The predicted octanol–water partition coefficient (Wildman–Crippen LogP) is 2.98. The van der Waals surface area contributed by atoms with E-state index in [1.54, 1.807) is 6.07 Å². The maximum Gasteiger partial charge on any atom is 0.172 e. The highest BCUT2D eigenvalue weighted by molar-refractivity contribution is 7.20. The lowest BCUT2D eigenvalue weighted by atomic mass is 10.0. The molecule has 0 bridgehead atoms. The fourth-order valence-corrected chi connectivity index (χ4v) is 2.43. The molecule has 0 saturated carbocycles. The van der Waals surface area contributed by atoms with Gasteiger partial charge in [0.25, 0.3) is 0 Å². The topological polar surface area (TPSA) is 37.3 Å². The van der Waals surface area contributed by atoms with Crippen molar-refractivity contribution in [3.8, 4) is 5.06 Å². The molecule has 72 valence electrons. The van der Waals surface area contributed by atoms with Crippen LogP contribution < -0.4 is 0 Å². The highest BCUT2D eigenvalue weighted by Crippen LogP contribution is 2.33. The van der Waals surface area contributed by atoms with Crippen molar-refractivity contribution in [3.63, 3.8) is 0 Å². The predicted molar refractivity (Wildman–Crippen MR) is 58.3 cm³/mol. The molecule has 3 heteroatoms. The van der Waals surface area contributed by atoms with Gasteiger partial charge in [-0.15, -0.1) is 0 Å². The number of thiophene rings is 1. The maximum atomic E-state index is 10.9. The van der Waals surface area contributed by atoms with Crippen molar-refractivity contribution in [2.45, 2.75) is 13.3 Å². The molecule has 1 N–H and O–H groups in total. The van der Waals surface area contributed by atoms with E-state index in [0.29, 0.717) is 5.56 Å². The fraction of sp³-hybridized carbons (Fsp3) is 0.182. The van der Waals surface area contributed by atoms with Crippen LogP contribution in [0.15, 0.2) is 18.2 Å². The Bertz CT molecular complexity index is 485. The van der Waals surface area contributed by atoms with E-state index < -0.39 is 0 Å². The summed E-state index contributed by atoms with van der Waals surface area (Å²) in [6.07, 6.45) is 1.70. The molecule has 0 spiro atoms. The summed E-state index contributed by atoms with van der Waals surface area (Å²) in [6, 6.07) is 5.55. The normalized spacial score (nSPS) is 10.6. The first kappa shape index (κ1) is 9.21. The van der Waals surface area contributed by atoms with Crippen LogP contribution in [0.25, 0.3) is 10.1 Å². The van der Waals surface area contributed by atoms with Crippen LogP contribution in [0.3, 0.4) is 0 Å². The van der Waals surface area contributed by atoms with E-state index in [-0.39, 0.29) is 5.06 Å². The fourth-order valence-electron chi connectivity index (χ4n) is 1.61. The zero-order valence-electron chi connectivity index (χ0n) is 7.78. The Morgan fingerprint density at radius 3 is 2.93 bits per heavy atom. The number of hydrogen-bond donors (Lipinski definition) is 1. The lowest BCUT2D eigenvalue weighted by Crippen LogP contribution is -1.90. The van der Waals surface area contributed by atoms with Gasteiger partial charge in [0.15, 0.2) is 11.3 Å². The van der Waals surface area contributed by atoms with E-state index in [9.17, 15) is 9.90 Å². The lowest BCUT2D eigenvalue weighted by Gasteiger charge is -2.01. The monoisotopic (exact) mass is 206 g/mol. The number of fused-ring (bicyclic) bond motifs is 1. The number of carbonyl (C=O) groups excluding carboxylic acids is 1. The van der Waals surface area contributed by atoms with Gasteiger partial charge in [0.1, 0.15) is 0 Å². The second-order valence-corrected chi connectivity index (χ2v) is 4.17. The van der Waals surface area contributed by atoms with Crippen LogP contribution in [0, 0.1) is 0 Å². The van der Waals surface area contributed by atoms with Gasteiger partial charge in [-0.25, -0.2) is 0 Å². The van der Waals surface area contributed by atoms with E-state index in [1.165, 1.54) is 11.3 Å². The first-order valence-electron chi connectivity index (χ1n) is 4.45. The summed E-state index contributed by atoms with van der Waals surface area (Å²) >= 11 is 1.30. The summed E-state index contributed by atoms with van der Waals surface area (Å²) in [5.41, 5.74) is 1.74. The van der Waals surface area contributed by atoms with Crippen molar-refractivity contribution in [3.05, 3.63) is 29.3 Å². The second kappa shape index (κ2) is 3.42. The molecule has 1 heterocycles. The van der Waals surface area contributed by atoms with E-state index >= 15 is 0 Å². The van der Waals surface area contributed by atoms with Gasteiger partial charge in [-0.05, 0) is 18.1 Å². The first-order chi connectivity index (χ1) is 6.76. The standard InChI is InChI=1S/C11H10O2S/c1-2-7-3-4-10-8(9(7)6-12)5-11(13)14-10/h3-6,13H,2H2,1H3. The number of carbonyl (C=O) groups is 1.